The number of thiocarbonyl (C=S) groups is 1. The summed E-state index contributed by atoms with van der Waals surface area (Å²) in [5.74, 6) is 0. The molecule has 94 valence electrons. The Morgan fingerprint density at radius 2 is 1.76 bits per heavy atom. The van der Waals surface area contributed by atoms with Gasteiger partial charge in [0.1, 0.15) is 4.99 Å². The second-order valence-corrected chi connectivity index (χ2v) is 5.69. The molecule has 0 spiro atoms. The van der Waals surface area contributed by atoms with Crippen molar-refractivity contribution in [3.8, 4) is 0 Å². The van der Waals surface area contributed by atoms with E-state index in [0.717, 1.165) is 18.7 Å². The molecule has 0 saturated carbocycles. The number of benzene rings is 1. The topological polar surface area (TPSA) is 29.3 Å². The van der Waals surface area contributed by atoms with Crippen LogP contribution < -0.4 is 5.73 Å². The molecule has 2 N–H and O–H groups in total. The Bertz CT molecular complexity index is 376. The molecule has 0 bridgehead atoms. The van der Waals surface area contributed by atoms with E-state index in [4.69, 9.17) is 18.0 Å². The lowest BCUT2D eigenvalue weighted by Gasteiger charge is -2.34. The minimum absolute atomic E-state index is 0.191. The summed E-state index contributed by atoms with van der Waals surface area (Å²) in [5.41, 5.74) is 8.00. The van der Waals surface area contributed by atoms with Crippen LogP contribution in [0.2, 0.25) is 0 Å². The Labute approximate surface area is 110 Å². The highest BCUT2D eigenvalue weighted by Gasteiger charge is 2.19. The molecule has 0 saturated heterocycles. The molecule has 1 aromatic rings. The van der Waals surface area contributed by atoms with Crippen LogP contribution in [0.5, 0.6) is 0 Å². The van der Waals surface area contributed by atoms with Gasteiger partial charge in [-0.25, -0.2) is 0 Å². The lowest BCUT2D eigenvalue weighted by atomic mass is 10.0. The third kappa shape index (κ3) is 4.10. The third-order valence-electron chi connectivity index (χ3n) is 2.94. The van der Waals surface area contributed by atoms with Crippen molar-refractivity contribution < 1.29 is 0 Å². The van der Waals surface area contributed by atoms with Gasteiger partial charge in [0, 0.05) is 17.6 Å². The summed E-state index contributed by atoms with van der Waals surface area (Å²) in [7, 11) is 0. The van der Waals surface area contributed by atoms with Crippen LogP contribution in [-0.2, 0) is 6.54 Å². The molecule has 0 radical (unpaired) electrons. The third-order valence-corrected chi connectivity index (χ3v) is 3.18. The summed E-state index contributed by atoms with van der Waals surface area (Å²) in [6.07, 6.45) is 0. The summed E-state index contributed by atoms with van der Waals surface area (Å²) in [5, 5.41) is 0. The monoisotopic (exact) mass is 250 g/mol. The smallest absolute Gasteiger partial charge is 0.103 e. The minimum Gasteiger partial charge on any atom is -0.389 e. The fraction of sp³-hybridized carbons (Fsp3) is 0.500. The van der Waals surface area contributed by atoms with Gasteiger partial charge in [0.25, 0.3) is 0 Å². The van der Waals surface area contributed by atoms with Crippen LogP contribution in [0.15, 0.2) is 24.3 Å². The van der Waals surface area contributed by atoms with Gasteiger partial charge in [-0.05, 0) is 32.9 Å². The van der Waals surface area contributed by atoms with E-state index in [0.29, 0.717) is 4.99 Å². The summed E-state index contributed by atoms with van der Waals surface area (Å²) in [4.78, 5) is 2.89. The molecule has 0 fully saturated rings. The predicted octanol–water partition coefficient (Wildman–Crippen LogP) is 2.94. The Balaban J connectivity index is 2.78. The summed E-state index contributed by atoms with van der Waals surface area (Å²) in [6.45, 7) is 10.9. The first-order valence-corrected chi connectivity index (χ1v) is 6.39. The molecule has 0 amide bonds. The molecule has 1 rings (SSSR count). The number of nitrogens with two attached hydrogens (primary N) is 1. The van der Waals surface area contributed by atoms with Crippen molar-refractivity contribution in [3.63, 3.8) is 0 Å². The first-order chi connectivity index (χ1) is 7.84. The van der Waals surface area contributed by atoms with E-state index in [2.05, 4.69) is 44.7 Å². The van der Waals surface area contributed by atoms with Gasteiger partial charge in [0.15, 0.2) is 0 Å². The number of hydrogen-bond acceptors (Lipinski definition) is 2. The van der Waals surface area contributed by atoms with Crippen molar-refractivity contribution in [2.24, 2.45) is 5.73 Å². The molecular weight excluding hydrogens is 228 g/mol. The van der Waals surface area contributed by atoms with Gasteiger partial charge < -0.3 is 5.73 Å². The van der Waals surface area contributed by atoms with Crippen molar-refractivity contribution in [1.82, 2.24) is 4.90 Å². The van der Waals surface area contributed by atoms with E-state index >= 15 is 0 Å². The highest BCUT2D eigenvalue weighted by molar-refractivity contribution is 7.80. The average Bonchev–Trinajstić information content (AvgIpc) is 2.24. The van der Waals surface area contributed by atoms with Crippen LogP contribution in [0.3, 0.4) is 0 Å². The van der Waals surface area contributed by atoms with Gasteiger partial charge in [0.2, 0.25) is 0 Å². The average molecular weight is 250 g/mol. The first kappa shape index (κ1) is 14.1. The maximum Gasteiger partial charge on any atom is 0.103 e. The molecule has 0 aliphatic carbocycles. The van der Waals surface area contributed by atoms with Crippen molar-refractivity contribution in [2.75, 3.05) is 6.54 Å². The standard InChI is InChI=1S/C14H22N2S/c1-5-16(14(2,3)4)10-11-6-8-12(9-7-11)13(15)17/h6-9H,5,10H2,1-4H3,(H2,15,17). The zero-order valence-corrected chi connectivity index (χ0v) is 12.0. The molecule has 1 aromatic carbocycles. The lowest BCUT2D eigenvalue weighted by molar-refractivity contribution is 0.136. The van der Waals surface area contributed by atoms with Crippen molar-refractivity contribution >= 4 is 17.2 Å². The fourth-order valence-corrected chi connectivity index (χ4v) is 1.95. The van der Waals surface area contributed by atoms with Crippen LogP contribution in [0.4, 0.5) is 0 Å². The molecule has 0 aliphatic rings. The number of rotatable bonds is 4. The summed E-state index contributed by atoms with van der Waals surface area (Å²) < 4.78 is 0. The quantitative estimate of drug-likeness (QED) is 0.833. The molecule has 0 heterocycles. The molecule has 0 aromatic heterocycles. The zero-order chi connectivity index (χ0) is 13.1. The summed E-state index contributed by atoms with van der Waals surface area (Å²) >= 11 is 4.94. The maximum absolute atomic E-state index is 5.58. The largest absolute Gasteiger partial charge is 0.389 e. The SMILES string of the molecule is CCN(Cc1ccc(C(N)=S)cc1)C(C)(C)C. The Morgan fingerprint density at radius 3 is 2.12 bits per heavy atom. The lowest BCUT2D eigenvalue weighted by Crippen LogP contribution is -2.40. The van der Waals surface area contributed by atoms with Crippen LogP contribution in [0, 0.1) is 0 Å². The van der Waals surface area contributed by atoms with Crippen LogP contribution in [0.25, 0.3) is 0 Å². The van der Waals surface area contributed by atoms with Gasteiger partial charge in [-0.1, -0.05) is 43.4 Å². The predicted molar refractivity (Wildman–Crippen MR) is 78.2 cm³/mol. The van der Waals surface area contributed by atoms with E-state index in [1.165, 1.54) is 5.56 Å². The molecule has 17 heavy (non-hydrogen) atoms. The normalized spacial score (nSPS) is 11.8. The highest BCUT2D eigenvalue weighted by atomic mass is 32.1. The van der Waals surface area contributed by atoms with Gasteiger partial charge in [-0.2, -0.15) is 0 Å². The van der Waals surface area contributed by atoms with Gasteiger partial charge in [-0.3, -0.25) is 4.90 Å². The zero-order valence-electron chi connectivity index (χ0n) is 11.2. The van der Waals surface area contributed by atoms with Crippen LogP contribution in [0.1, 0.15) is 38.8 Å². The minimum atomic E-state index is 0.191. The first-order valence-electron chi connectivity index (χ1n) is 5.98. The molecule has 0 aliphatic heterocycles. The highest BCUT2D eigenvalue weighted by Crippen LogP contribution is 2.17. The summed E-state index contributed by atoms with van der Waals surface area (Å²) in [6, 6.07) is 8.19. The molecular formula is C14H22N2S. The van der Waals surface area contributed by atoms with Gasteiger partial charge in [-0.15, -0.1) is 0 Å². The van der Waals surface area contributed by atoms with Crippen molar-refractivity contribution in [1.29, 1.82) is 0 Å². The second kappa shape index (κ2) is 5.61. The Morgan fingerprint density at radius 1 is 1.24 bits per heavy atom. The van der Waals surface area contributed by atoms with E-state index in [1.54, 1.807) is 0 Å². The Kier molecular flexibility index (Phi) is 4.66. The number of nitrogens with zero attached hydrogens (tertiary/aromatic N) is 1. The van der Waals surface area contributed by atoms with Gasteiger partial charge in [0.05, 0.1) is 0 Å². The molecule has 2 nitrogen and oxygen atoms in total. The van der Waals surface area contributed by atoms with E-state index in [1.807, 2.05) is 12.1 Å². The van der Waals surface area contributed by atoms with Crippen molar-refractivity contribution in [2.45, 2.75) is 39.8 Å². The molecule has 3 heteroatoms. The maximum atomic E-state index is 5.58. The molecule has 0 atom stereocenters. The van der Waals surface area contributed by atoms with Crippen LogP contribution >= 0.6 is 12.2 Å². The van der Waals surface area contributed by atoms with Crippen LogP contribution in [-0.4, -0.2) is 22.0 Å². The van der Waals surface area contributed by atoms with E-state index < -0.39 is 0 Å². The molecule has 0 unspecified atom stereocenters. The fourth-order valence-electron chi connectivity index (χ4n) is 1.82. The van der Waals surface area contributed by atoms with E-state index in [9.17, 15) is 0 Å². The second-order valence-electron chi connectivity index (χ2n) is 5.25. The van der Waals surface area contributed by atoms with E-state index in [-0.39, 0.29) is 5.54 Å². The van der Waals surface area contributed by atoms with Gasteiger partial charge >= 0.3 is 0 Å². The number of hydrogen-bond donors (Lipinski definition) is 1. The Hall–Kier alpha value is -0.930. The van der Waals surface area contributed by atoms with Crippen molar-refractivity contribution in [3.05, 3.63) is 35.4 Å².